The van der Waals surface area contributed by atoms with Crippen molar-refractivity contribution in [2.45, 2.75) is 37.1 Å². The Morgan fingerprint density at radius 1 is 1.14 bits per heavy atom. The van der Waals surface area contributed by atoms with Crippen LogP contribution in [0.4, 0.5) is 10.1 Å². The van der Waals surface area contributed by atoms with Crippen molar-refractivity contribution in [1.82, 2.24) is 4.31 Å². The molecule has 1 N–H and O–H groups in total. The van der Waals surface area contributed by atoms with Crippen molar-refractivity contribution in [1.29, 1.82) is 0 Å². The van der Waals surface area contributed by atoms with Crippen LogP contribution in [0.1, 0.15) is 36.5 Å². The second kappa shape index (κ2) is 8.61. The molecule has 154 valence electrons. The fourth-order valence-corrected chi connectivity index (χ4v) is 5.13. The second-order valence-corrected chi connectivity index (χ2v) is 9.12. The minimum atomic E-state index is -3.94. The lowest BCUT2D eigenvalue weighted by Gasteiger charge is -2.33. The van der Waals surface area contributed by atoms with Gasteiger partial charge in [0, 0.05) is 12.1 Å². The van der Waals surface area contributed by atoms with Crippen LogP contribution in [0.15, 0.2) is 47.4 Å². The number of rotatable bonds is 5. The van der Waals surface area contributed by atoms with Crippen molar-refractivity contribution in [3.63, 3.8) is 0 Å². The summed E-state index contributed by atoms with van der Waals surface area (Å²) in [6, 6.07) is 8.29. The molecule has 0 radical (unpaired) electrons. The van der Waals surface area contributed by atoms with Crippen molar-refractivity contribution in [2.24, 2.45) is 0 Å². The molecular formula is C20H20ClFN2O4S. The first kappa shape index (κ1) is 21.4. The summed E-state index contributed by atoms with van der Waals surface area (Å²) in [5.41, 5.74) is 0.620. The van der Waals surface area contributed by atoms with E-state index in [9.17, 15) is 22.4 Å². The molecule has 1 fully saturated rings. The maximum absolute atomic E-state index is 13.2. The van der Waals surface area contributed by atoms with E-state index in [2.05, 4.69) is 5.32 Å². The number of carbonyl (C=O) groups is 2. The summed E-state index contributed by atoms with van der Waals surface area (Å²) in [6.07, 6.45) is 1.69. The number of hydrogen-bond acceptors (Lipinski definition) is 4. The molecule has 0 aromatic heterocycles. The molecule has 9 heteroatoms. The fraction of sp³-hybridized carbons (Fsp3) is 0.300. The van der Waals surface area contributed by atoms with Gasteiger partial charge >= 0.3 is 0 Å². The SMILES string of the molecule is CC(=O)c1ccc(S(=O)(=O)N2CCCCC2C(=O)Nc2ccc(F)cc2Cl)cc1. The molecule has 3 rings (SSSR count). The maximum Gasteiger partial charge on any atom is 0.243 e. The van der Waals surface area contributed by atoms with Gasteiger partial charge in [-0.05, 0) is 50.1 Å². The third-order valence-corrected chi connectivity index (χ3v) is 7.05. The zero-order valence-electron chi connectivity index (χ0n) is 15.7. The average molecular weight is 439 g/mol. The van der Waals surface area contributed by atoms with E-state index in [0.29, 0.717) is 24.8 Å². The van der Waals surface area contributed by atoms with Crippen LogP contribution in [0.3, 0.4) is 0 Å². The highest BCUT2D eigenvalue weighted by molar-refractivity contribution is 7.89. The van der Waals surface area contributed by atoms with Crippen molar-refractivity contribution in [3.8, 4) is 0 Å². The maximum atomic E-state index is 13.2. The number of benzene rings is 2. The first-order valence-electron chi connectivity index (χ1n) is 9.09. The van der Waals surface area contributed by atoms with Gasteiger partial charge in [-0.1, -0.05) is 30.2 Å². The minimum absolute atomic E-state index is 0.0158. The molecule has 6 nitrogen and oxygen atoms in total. The van der Waals surface area contributed by atoms with Gasteiger partial charge in [-0.15, -0.1) is 0 Å². The van der Waals surface area contributed by atoms with E-state index in [-0.39, 0.29) is 27.9 Å². The summed E-state index contributed by atoms with van der Waals surface area (Å²) in [6.45, 7) is 1.60. The number of carbonyl (C=O) groups excluding carboxylic acids is 2. The molecule has 0 bridgehead atoms. The van der Waals surface area contributed by atoms with Gasteiger partial charge in [0.05, 0.1) is 15.6 Å². The highest BCUT2D eigenvalue weighted by Gasteiger charge is 2.37. The van der Waals surface area contributed by atoms with Crippen LogP contribution in [-0.2, 0) is 14.8 Å². The van der Waals surface area contributed by atoms with Gasteiger partial charge in [0.1, 0.15) is 11.9 Å². The van der Waals surface area contributed by atoms with Crippen LogP contribution < -0.4 is 5.32 Å². The Hall–Kier alpha value is -2.29. The van der Waals surface area contributed by atoms with E-state index in [4.69, 9.17) is 11.6 Å². The molecule has 29 heavy (non-hydrogen) atoms. The monoisotopic (exact) mass is 438 g/mol. The molecule has 1 unspecified atom stereocenters. The van der Waals surface area contributed by atoms with Crippen LogP contribution in [0.2, 0.25) is 5.02 Å². The summed E-state index contributed by atoms with van der Waals surface area (Å²) >= 11 is 5.96. The molecule has 2 aromatic carbocycles. The number of anilines is 1. The lowest BCUT2D eigenvalue weighted by Crippen LogP contribution is -2.49. The Kier molecular flexibility index (Phi) is 6.36. The van der Waals surface area contributed by atoms with Crippen LogP contribution in [-0.4, -0.2) is 37.0 Å². The summed E-state index contributed by atoms with van der Waals surface area (Å²) in [5.74, 6) is -1.23. The normalized spacial score (nSPS) is 17.7. The molecule has 0 aliphatic carbocycles. The molecule has 1 saturated heterocycles. The summed E-state index contributed by atoms with van der Waals surface area (Å²) in [7, 11) is -3.94. The van der Waals surface area contributed by atoms with Crippen LogP contribution in [0.25, 0.3) is 0 Å². The van der Waals surface area contributed by atoms with Gasteiger partial charge in [-0.25, -0.2) is 12.8 Å². The van der Waals surface area contributed by atoms with Crippen LogP contribution in [0.5, 0.6) is 0 Å². The van der Waals surface area contributed by atoms with Crippen LogP contribution >= 0.6 is 11.6 Å². The van der Waals surface area contributed by atoms with Gasteiger partial charge < -0.3 is 5.32 Å². The van der Waals surface area contributed by atoms with E-state index in [1.165, 1.54) is 41.6 Å². The van der Waals surface area contributed by atoms with E-state index in [0.717, 1.165) is 12.1 Å². The molecule has 0 spiro atoms. The van der Waals surface area contributed by atoms with Gasteiger partial charge in [-0.2, -0.15) is 4.31 Å². The quantitative estimate of drug-likeness (QED) is 0.718. The number of nitrogens with one attached hydrogen (secondary N) is 1. The molecule has 1 aliphatic rings. The number of hydrogen-bond donors (Lipinski definition) is 1. The highest BCUT2D eigenvalue weighted by atomic mass is 35.5. The lowest BCUT2D eigenvalue weighted by molar-refractivity contribution is -0.120. The molecule has 1 heterocycles. The lowest BCUT2D eigenvalue weighted by atomic mass is 10.0. The zero-order valence-corrected chi connectivity index (χ0v) is 17.3. The minimum Gasteiger partial charge on any atom is -0.323 e. The van der Waals surface area contributed by atoms with Gasteiger partial charge in [0.15, 0.2) is 5.78 Å². The Bertz CT molecular complexity index is 1040. The zero-order chi connectivity index (χ0) is 21.2. The highest BCUT2D eigenvalue weighted by Crippen LogP contribution is 2.28. The topological polar surface area (TPSA) is 83.6 Å². The summed E-state index contributed by atoms with van der Waals surface area (Å²) < 4.78 is 40.7. The van der Waals surface area contributed by atoms with Crippen molar-refractivity contribution in [2.75, 3.05) is 11.9 Å². The first-order chi connectivity index (χ1) is 13.7. The van der Waals surface area contributed by atoms with E-state index in [1.54, 1.807) is 0 Å². The third kappa shape index (κ3) is 4.66. The molecule has 1 amide bonds. The Morgan fingerprint density at radius 3 is 2.45 bits per heavy atom. The second-order valence-electron chi connectivity index (χ2n) is 6.82. The summed E-state index contributed by atoms with van der Waals surface area (Å²) in [5, 5.41) is 2.63. The predicted octanol–water partition coefficient (Wildman–Crippen LogP) is 3.86. The summed E-state index contributed by atoms with van der Waals surface area (Å²) in [4.78, 5) is 24.3. The number of piperidine rings is 1. The first-order valence-corrected chi connectivity index (χ1v) is 10.9. The van der Waals surface area contributed by atoms with E-state index < -0.39 is 27.8 Å². The number of halogens is 2. The molecule has 1 aliphatic heterocycles. The van der Waals surface area contributed by atoms with Gasteiger partial charge in [0.25, 0.3) is 0 Å². The van der Waals surface area contributed by atoms with E-state index in [1.807, 2.05) is 0 Å². The number of amides is 1. The standard InChI is InChI=1S/C20H20ClFN2O4S/c1-13(25)14-5-8-16(9-6-14)29(27,28)24-11-3-2-4-19(24)20(26)23-18-10-7-15(22)12-17(18)21/h5-10,12,19H,2-4,11H2,1H3,(H,23,26). The molecule has 2 aromatic rings. The Labute approximate surface area is 173 Å². The average Bonchev–Trinajstić information content (AvgIpc) is 2.70. The van der Waals surface area contributed by atoms with Crippen molar-refractivity contribution < 1.29 is 22.4 Å². The van der Waals surface area contributed by atoms with Crippen LogP contribution in [0, 0.1) is 5.82 Å². The Morgan fingerprint density at radius 2 is 1.83 bits per heavy atom. The number of ketones is 1. The van der Waals surface area contributed by atoms with Crippen molar-refractivity contribution >= 4 is 39.0 Å². The molecular weight excluding hydrogens is 419 g/mol. The Balaban J connectivity index is 1.86. The third-order valence-electron chi connectivity index (χ3n) is 4.81. The smallest absolute Gasteiger partial charge is 0.243 e. The van der Waals surface area contributed by atoms with Gasteiger partial charge in [-0.3, -0.25) is 9.59 Å². The fourth-order valence-electron chi connectivity index (χ4n) is 3.26. The predicted molar refractivity (Wildman–Crippen MR) is 108 cm³/mol. The largest absolute Gasteiger partial charge is 0.323 e. The van der Waals surface area contributed by atoms with E-state index >= 15 is 0 Å². The molecule has 0 saturated carbocycles. The number of nitrogens with zero attached hydrogens (tertiary/aromatic N) is 1. The van der Waals surface area contributed by atoms with Gasteiger partial charge in [0.2, 0.25) is 15.9 Å². The van der Waals surface area contributed by atoms with Crippen molar-refractivity contribution in [3.05, 3.63) is 58.9 Å². The number of Topliss-reactive ketones (excluding diaryl/α,β-unsaturated/α-hetero) is 1. The molecule has 1 atom stereocenters. The number of sulfonamides is 1.